The van der Waals surface area contributed by atoms with Crippen molar-refractivity contribution in [3.05, 3.63) is 47.5 Å². The summed E-state index contributed by atoms with van der Waals surface area (Å²) in [5, 5.41) is 2.74. The van der Waals surface area contributed by atoms with Gasteiger partial charge >= 0.3 is 0 Å². The Hall–Kier alpha value is -3.00. The van der Waals surface area contributed by atoms with Gasteiger partial charge in [-0.15, -0.1) is 0 Å². The summed E-state index contributed by atoms with van der Waals surface area (Å²) in [5.41, 5.74) is 2.05. The van der Waals surface area contributed by atoms with Crippen LogP contribution < -0.4 is 15.0 Å². The topological polar surface area (TPSA) is 93.7 Å². The quantitative estimate of drug-likeness (QED) is 0.837. The maximum atomic E-state index is 12.9. The highest BCUT2D eigenvalue weighted by atomic mass is 16.5. The van der Waals surface area contributed by atoms with Gasteiger partial charge < -0.3 is 19.7 Å². The molecule has 2 amide bonds. The minimum atomic E-state index is -0.826. The van der Waals surface area contributed by atoms with Crippen LogP contribution in [0.1, 0.15) is 47.6 Å². The van der Waals surface area contributed by atoms with Crippen LogP contribution in [0.3, 0.4) is 0 Å². The zero-order valence-corrected chi connectivity index (χ0v) is 16.2. The van der Waals surface area contributed by atoms with E-state index in [0.29, 0.717) is 18.0 Å². The SMILES string of the molecule is CN1C(=O)[C@@H](NC(=O)c2ncc3c(n2)C2(CCCC2)OC3)COc2ccccc21. The number of amides is 2. The van der Waals surface area contributed by atoms with Gasteiger partial charge in [-0.3, -0.25) is 9.59 Å². The molecule has 2 aromatic rings. The first-order valence-electron chi connectivity index (χ1n) is 9.88. The van der Waals surface area contributed by atoms with Gasteiger partial charge in [-0.05, 0) is 25.0 Å². The number of carbonyl (C=O) groups excluding carboxylic acids is 2. The van der Waals surface area contributed by atoms with E-state index in [2.05, 4.69) is 15.3 Å². The average Bonchev–Trinajstić information content (AvgIpc) is 3.35. The molecule has 3 heterocycles. The van der Waals surface area contributed by atoms with E-state index in [4.69, 9.17) is 9.47 Å². The molecule has 1 spiro atoms. The van der Waals surface area contributed by atoms with Crippen LogP contribution in [-0.2, 0) is 21.7 Å². The fourth-order valence-electron chi connectivity index (χ4n) is 4.41. The van der Waals surface area contributed by atoms with Crippen LogP contribution in [0.4, 0.5) is 5.69 Å². The molecule has 1 aromatic carbocycles. The number of likely N-dealkylation sites (N-methyl/N-ethyl adjacent to an activating group) is 1. The van der Waals surface area contributed by atoms with Crippen LogP contribution in [0.2, 0.25) is 0 Å². The lowest BCUT2D eigenvalue weighted by Gasteiger charge is -2.22. The second-order valence-electron chi connectivity index (χ2n) is 7.76. The highest BCUT2D eigenvalue weighted by molar-refractivity contribution is 6.02. The molecule has 150 valence electrons. The van der Waals surface area contributed by atoms with Crippen molar-refractivity contribution in [3.8, 4) is 5.75 Å². The van der Waals surface area contributed by atoms with Crippen molar-refractivity contribution in [2.75, 3.05) is 18.6 Å². The van der Waals surface area contributed by atoms with Crippen molar-refractivity contribution in [3.63, 3.8) is 0 Å². The monoisotopic (exact) mass is 394 g/mol. The Morgan fingerprint density at radius 3 is 2.90 bits per heavy atom. The summed E-state index contributed by atoms with van der Waals surface area (Å²) < 4.78 is 11.8. The molecule has 0 radical (unpaired) electrons. The minimum absolute atomic E-state index is 0.0456. The summed E-state index contributed by atoms with van der Waals surface area (Å²) in [4.78, 5) is 35.9. The van der Waals surface area contributed by atoms with E-state index < -0.39 is 11.9 Å². The van der Waals surface area contributed by atoms with E-state index >= 15 is 0 Å². The van der Waals surface area contributed by atoms with Crippen molar-refractivity contribution in [1.82, 2.24) is 15.3 Å². The molecule has 2 aliphatic heterocycles. The molecule has 1 saturated carbocycles. The Kier molecular flexibility index (Phi) is 4.24. The van der Waals surface area contributed by atoms with Crippen LogP contribution in [0, 0.1) is 0 Å². The van der Waals surface area contributed by atoms with E-state index in [1.807, 2.05) is 18.2 Å². The number of hydrogen-bond acceptors (Lipinski definition) is 6. The van der Waals surface area contributed by atoms with Gasteiger partial charge in [-0.1, -0.05) is 25.0 Å². The third-order valence-electron chi connectivity index (χ3n) is 5.98. The Labute approximate surface area is 168 Å². The van der Waals surface area contributed by atoms with Gasteiger partial charge in [-0.25, -0.2) is 9.97 Å². The number of para-hydroxylation sites is 2. The summed E-state index contributed by atoms with van der Waals surface area (Å²) in [5.74, 6) is -0.0823. The predicted molar refractivity (Wildman–Crippen MR) is 104 cm³/mol. The van der Waals surface area contributed by atoms with E-state index in [9.17, 15) is 9.59 Å². The van der Waals surface area contributed by atoms with E-state index in [1.54, 1.807) is 19.3 Å². The second-order valence-corrected chi connectivity index (χ2v) is 7.76. The highest BCUT2D eigenvalue weighted by Gasteiger charge is 2.44. The van der Waals surface area contributed by atoms with Crippen molar-refractivity contribution in [2.24, 2.45) is 0 Å². The number of hydrogen-bond donors (Lipinski definition) is 1. The lowest BCUT2D eigenvalue weighted by Crippen LogP contribution is -2.49. The maximum Gasteiger partial charge on any atom is 0.289 e. The number of nitrogens with zero attached hydrogens (tertiary/aromatic N) is 3. The van der Waals surface area contributed by atoms with Crippen molar-refractivity contribution < 1.29 is 19.1 Å². The summed E-state index contributed by atoms with van der Waals surface area (Å²) in [6.07, 6.45) is 5.67. The molecule has 3 aliphatic rings. The van der Waals surface area contributed by atoms with Crippen molar-refractivity contribution >= 4 is 17.5 Å². The number of anilines is 1. The van der Waals surface area contributed by atoms with Gasteiger partial charge in [0.25, 0.3) is 11.8 Å². The first kappa shape index (κ1) is 18.1. The number of benzene rings is 1. The fourth-order valence-corrected chi connectivity index (χ4v) is 4.41. The Balaban J connectivity index is 1.37. The van der Waals surface area contributed by atoms with Crippen LogP contribution in [0.15, 0.2) is 30.5 Å². The van der Waals surface area contributed by atoms with E-state index in [-0.39, 0.29) is 23.9 Å². The normalized spacial score (nSPS) is 22.0. The average molecular weight is 394 g/mol. The number of nitrogens with one attached hydrogen (secondary N) is 1. The number of rotatable bonds is 2. The molecule has 5 rings (SSSR count). The molecule has 1 fully saturated rings. The Bertz CT molecular complexity index is 986. The van der Waals surface area contributed by atoms with E-state index in [1.165, 1.54) is 4.90 Å². The molecular formula is C21H22N4O4. The molecule has 0 saturated heterocycles. The zero-order valence-electron chi connectivity index (χ0n) is 16.2. The smallest absolute Gasteiger partial charge is 0.289 e. The standard InChI is InChI=1S/C21H22N4O4/c1-25-15-6-2-3-7-16(15)28-12-14(20(25)27)23-19(26)18-22-10-13-11-29-21(17(13)24-18)8-4-5-9-21/h2-3,6-7,10,14H,4-5,8-9,11-12H2,1H3,(H,23,26)/t14-/m0/s1. The molecular weight excluding hydrogens is 372 g/mol. The number of fused-ring (bicyclic) bond motifs is 3. The number of aromatic nitrogens is 2. The van der Waals surface area contributed by atoms with Gasteiger partial charge in [-0.2, -0.15) is 0 Å². The predicted octanol–water partition coefficient (Wildman–Crippen LogP) is 1.93. The van der Waals surface area contributed by atoms with Gasteiger partial charge in [0.1, 0.15) is 24.0 Å². The van der Waals surface area contributed by atoms with Crippen molar-refractivity contribution in [1.29, 1.82) is 0 Å². The molecule has 1 atom stereocenters. The fraction of sp³-hybridized carbons (Fsp3) is 0.429. The van der Waals surface area contributed by atoms with Gasteiger partial charge in [0, 0.05) is 18.8 Å². The van der Waals surface area contributed by atoms with Crippen LogP contribution in [-0.4, -0.2) is 41.5 Å². The van der Waals surface area contributed by atoms with Crippen LogP contribution >= 0.6 is 0 Å². The highest BCUT2D eigenvalue weighted by Crippen LogP contribution is 2.47. The van der Waals surface area contributed by atoms with E-state index in [0.717, 1.165) is 36.9 Å². The maximum absolute atomic E-state index is 12.9. The third-order valence-corrected chi connectivity index (χ3v) is 5.98. The first-order valence-corrected chi connectivity index (χ1v) is 9.88. The molecule has 0 unspecified atom stereocenters. The molecule has 1 aliphatic carbocycles. The summed E-state index contributed by atoms with van der Waals surface area (Å²) >= 11 is 0. The minimum Gasteiger partial charge on any atom is -0.489 e. The largest absolute Gasteiger partial charge is 0.489 e. The first-order chi connectivity index (χ1) is 14.1. The van der Waals surface area contributed by atoms with Gasteiger partial charge in [0.05, 0.1) is 18.0 Å². The lowest BCUT2D eigenvalue weighted by molar-refractivity contribution is -0.120. The molecule has 29 heavy (non-hydrogen) atoms. The zero-order chi connectivity index (χ0) is 20.0. The van der Waals surface area contributed by atoms with Gasteiger partial charge in [0.15, 0.2) is 0 Å². The third kappa shape index (κ3) is 2.95. The second kappa shape index (κ2) is 6.81. The molecule has 1 aromatic heterocycles. The number of ether oxygens (including phenoxy) is 2. The summed E-state index contributed by atoms with van der Waals surface area (Å²) in [6.45, 7) is 0.527. The lowest BCUT2D eigenvalue weighted by atomic mass is 9.97. The molecule has 8 heteroatoms. The molecule has 8 nitrogen and oxygen atoms in total. The Morgan fingerprint density at radius 2 is 2.07 bits per heavy atom. The summed E-state index contributed by atoms with van der Waals surface area (Å²) in [7, 11) is 1.67. The molecule has 0 bridgehead atoms. The molecule has 1 N–H and O–H groups in total. The summed E-state index contributed by atoms with van der Waals surface area (Å²) in [6, 6.07) is 6.46. The van der Waals surface area contributed by atoms with Crippen molar-refractivity contribution in [2.45, 2.75) is 43.9 Å². The van der Waals surface area contributed by atoms with Crippen LogP contribution in [0.25, 0.3) is 0 Å². The van der Waals surface area contributed by atoms with Crippen LogP contribution in [0.5, 0.6) is 5.75 Å². The Morgan fingerprint density at radius 1 is 1.28 bits per heavy atom. The van der Waals surface area contributed by atoms with Gasteiger partial charge in [0.2, 0.25) is 5.82 Å². The number of carbonyl (C=O) groups is 2.